The summed E-state index contributed by atoms with van der Waals surface area (Å²) < 4.78 is 32.6. The second-order valence-corrected chi connectivity index (χ2v) is 5.30. The molecule has 0 bridgehead atoms. The van der Waals surface area contributed by atoms with E-state index < -0.39 is 18.4 Å². The number of nitrogens with one attached hydrogen (secondary N) is 1. The largest absolute Gasteiger partial charge is 0.462 e. The second kappa shape index (κ2) is 5.03. The predicted octanol–water partition coefficient (Wildman–Crippen LogP) is 2.46. The van der Waals surface area contributed by atoms with Gasteiger partial charge in [-0.15, -0.1) is 0 Å². The van der Waals surface area contributed by atoms with Gasteiger partial charge in [0.15, 0.2) is 0 Å². The molecule has 0 saturated heterocycles. The van der Waals surface area contributed by atoms with Gasteiger partial charge < -0.3 is 10.1 Å². The molecule has 0 spiro atoms. The maximum absolute atomic E-state index is 13.2. The van der Waals surface area contributed by atoms with Crippen molar-refractivity contribution in [2.45, 2.75) is 44.7 Å². The van der Waals surface area contributed by atoms with Crippen molar-refractivity contribution in [3.05, 3.63) is 11.8 Å². The Morgan fingerprint density at radius 1 is 1.60 bits per heavy atom. The third-order valence-corrected chi connectivity index (χ3v) is 3.90. The van der Waals surface area contributed by atoms with E-state index in [4.69, 9.17) is 4.74 Å². The van der Waals surface area contributed by atoms with Gasteiger partial charge >= 0.3 is 5.97 Å². The van der Waals surface area contributed by atoms with Crippen molar-refractivity contribution >= 4 is 11.8 Å². The molecule has 1 N–H and O–H groups in total. The van der Waals surface area contributed by atoms with Gasteiger partial charge in [-0.2, -0.15) is 5.10 Å². The van der Waals surface area contributed by atoms with Gasteiger partial charge in [0.2, 0.25) is 0 Å². The summed E-state index contributed by atoms with van der Waals surface area (Å²) in [7, 11) is 0. The summed E-state index contributed by atoms with van der Waals surface area (Å²) in [5, 5.41) is 7.15. The number of halogens is 2. The first-order chi connectivity index (χ1) is 9.61. The molecule has 20 heavy (non-hydrogen) atoms. The first kappa shape index (κ1) is 13.3. The Morgan fingerprint density at radius 3 is 2.95 bits per heavy atom. The zero-order valence-electron chi connectivity index (χ0n) is 11.2. The van der Waals surface area contributed by atoms with Gasteiger partial charge in [0.25, 0.3) is 6.43 Å². The molecule has 110 valence electrons. The SMILES string of the molecule is CCOC(=O)c1cnn2c1N[C@@H](C1CC1)C[C@@H]2C(F)F. The average Bonchev–Trinajstić information content (AvgIpc) is 3.17. The molecule has 5 nitrogen and oxygen atoms in total. The average molecular weight is 285 g/mol. The number of fused-ring (bicyclic) bond motifs is 1. The number of carbonyl (C=O) groups is 1. The first-order valence-electron chi connectivity index (χ1n) is 6.91. The van der Waals surface area contributed by atoms with Crippen molar-refractivity contribution in [2.75, 3.05) is 11.9 Å². The van der Waals surface area contributed by atoms with Crippen LogP contribution in [0.4, 0.5) is 14.6 Å². The van der Waals surface area contributed by atoms with Gasteiger partial charge in [-0.1, -0.05) is 0 Å². The Kier molecular flexibility index (Phi) is 3.35. The van der Waals surface area contributed by atoms with Crippen LogP contribution in [0.3, 0.4) is 0 Å². The van der Waals surface area contributed by atoms with Crippen LogP contribution >= 0.6 is 0 Å². The molecule has 2 atom stereocenters. The first-order valence-corrected chi connectivity index (χ1v) is 6.91. The van der Waals surface area contributed by atoms with E-state index in [1.54, 1.807) is 6.92 Å². The fraction of sp³-hybridized carbons (Fsp3) is 0.692. The molecule has 7 heteroatoms. The molecular formula is C13H17F2N3O2. The van der Waals surface area contributed by atoms with Crippen LogP contribution in [0.15, 0.2) is 6.20 Å². The number of aromatic nitrogens is 2. The van der Waals surface area contributed by atoms with Crippen LogP contribution in [-0.4, -0.2) is 34.8 Å². The van der Waals surface area contributed by atoms with Crippen LogP contribution in [-0.2, 0) is 4.74 Å². The Morgan fingerprint density at radius 2 is 2.35 bits per heavy atom. The van der Waals surface area contributed by atoms with Crippen molar-refractivity contribution in [3.63, 3.8) is 0 Å². The Bertz CT molecular complexity index is 514. The fourth-order valence-corrected chi connectivity index (χ4v) is 2.73. The van der Waals surface area contributed by atoms with Crippen molar-refractivity contribution in [1.29, 1.82) is 0 Å². The monoisotopic (exact) mass is 285 g/mol. The number of hydrogen-bond donors (Lipinski definition) is 1. The van der Waals surface area contributed by atoms with Crippen LogP contribution in [0, 0.1) is 5.92 Å². The van der Waals surface area contributed by atoms with E-state index in [0.29, 0.717) is 18.2 Å². The summed E-state index contributed by atoms with van der Waals surface area (Å²) >= 11 is 0. The quantitative estimate of drug-likeness (QED) is 0.863. The highest BCUT2D eigenvalue weighted by molar-refractivity contribution is 5.94. The Labute approximate surface area is 115 Å². The Hall–Kier alpha value is -1.66. The van der Waals surface area contributed by atoms with Gasteiger partial charge in [0, 0.05) is 6.04 Å². The summed E-state index contributed by atoms with van der Waals surface area (Å²) in [6.07, 6.45) is 1.27. The standard InChI is InChI=1S/C13H17F2N3O2/c1-2-20-13(19)8-6-16-18-10(11(14)15)5-9(7-3-4-7)17-12(8)18/h6-7,9-11,17H,2-5H2,1H3/t9-,10-/m1/s1. The predicted molar refractivity (Wildman–Crippen MR) is 68.0 cm³/mol. The molecule has 3 rings (SSSR count). The zero-order chi connectivity index (χ0) is 14.3. The lowest BCUT2D eigenvalue weighted by molar-refractivity contribution is 0.0521. The van der Waals surface area contributed by atoms with E-state index in [0.717, 1.165) is 12.8 Å². The van der Waals surface area contributed by atoms with Crippen LogP contribution < -0.4 is 5.32 Å². The van der Waals surface area contributed by atoms with E-state index >= 15 is 0 Å². The highest BCUT2D eigenvalue weighted by Crippen LogP contribution is 2.42. The number of ether oxygens (including phenoxy) is 1. The molecule has 1 aromatic rings. The molecule has 1 aliphatic heterocycles. The summed E-state index contributed by atoms with van der Waals surface area (Å²) in [6, 6.07) is -0.980. The minimum absolute atomic E-state index is 0.00798. The van der Waals surface area contributed by atoms with E-state index in [1.165, 1.54) is 10.9 Å². The van der Waals surface area contributed by atoms with Crippen molar-refractivity contribution in [2.24, 2.45) is 5.92 Å². The van der Waals surface area contributed by atoms with E-state index in [9.17, 15) is 13.6 Å². The molecule has 2 heterocycles. The summed E-state index contributed by atoms with van der Waals surface area (Å²) in [6.45, 7) is 1.95. The number of carbonyl (C=O) groups excluding carboxylic acids is 1. The minimum Gasteiger partial charge on any atom is -0.462 e. The summed E-state index contributed by atoms with van der Waals surface area (Å²) in [4.78, 5) is 11.8. The van der Waals surface area contributed by atoms with Crippen LogP contribution in [0.1, 0.15) is 42.6 Å². The van der Waals surface area contributed by atoms with Gasteiger partial charge in [0.05, 0.1) is 12.8 Å². The van der Waals surface area contributed by atoms with E-state index in [-0.39, 0.29) is 18.2 Å². The molecule has 2 aliphatic rings. The van der Waals surface area contributed by atoms with Gasteiger partial charge in [0.1, 0.15) is 17.4 Å². The smallest absolute Gasteiger partial charge is 0.343 e. The zero-order valence-corrected chi connectivity index (χ0v) is 11.2. The molecule has 1 saturated carbocycles. The van der Waals surface area contributed by atoms with Crippen molar-refractivity contribution in [1.82, 2.24) is 9.78 Å². The second-order valence-electron chi connectivity index (χ2n) is 5.30. The number of anilines is 1. The molecular weight excluding hydrogens is 268 g/mol. The molecule has 0 aromatic carbocycles. The van der Waals surface area contributed by atoms with Crippen LogP contribution in [0.2, 0.25) is 0 Å². The van der Waals surface area contributed by atoms with E-state index in [1.807, 2.05) is 0 Å². The van der Waals surface area contributed by atoms with E-state index in [2.05, 4.69) is 10.4 Å². The number of hydrogen-bond acceptors (Lipinski definition) is 4. The summed E-state index contributed by atoms with van der Waals surface area (Å²) in [5.41, 5.74) is 0.239. The van der Waals surface area contributed by atoms with Gasteiger partial charge in [-0.25, -0.2) is 18.3 Å². The molecule has 0 amide bonds. The third kappa shape index (κ3) is 2.25. The molecule has 1 fully saturated rings. The number of nitrogens with zero attached hydrogens (tertiary/aromatic N) is 2. The fourth-order valence-electron chi connectivity index (χ4n) is 2.73. The van der Waals surface area contributed by atoms with Crippen molar-refractivity contribution in [3.8, 4) is 0 Å². The summed E-state index contributed by atoms with van der Waals surface area (Å²) in [5.74, 6) is 0.276. The number of esters is 1. The lowest BCUT2D eigenvalue weighted by Gasteiger charge is -2.32. The minimum atomic E-state index is -2.49. The van der Waals surface area contributed by atoms with Crippen molar-refractivity contribution < 1.29 is 18.3 Å². The molecule has 0 radical (unpaired) electrons. The molecule has 1 aromatic heterocycles. The Balaban J connectivity index is 1.93. The number of alkyl halides is 2. The van der Waals surface area contributed by atoms with Crippen LogP contribution in [0.25, 0.3) is 0 Å². The molecule has 1 aliphatic carbocycles. The maximum atomic E-state index is 13.2. The highest BCUT2D eigenvalue weighted by atomic mass is 19.3. The number of rotatable bonds is 4. The molecule has 0 unspecified atom stereocenters. The van der Waals surface area contributed by atoms with Gasteiger partial charge in [-0.3, -0.25) is 0 Å². The van der Waals surface area contributed by atoms with Gasteiger partial charge in [-0.05, 0) is 32.1 Å². The topological polar surface area (TPSA) is 56.1 Å². The third-order valence-electron chi connectivity index (χ3n) is 3.90. The van der Waals surface area contributed by atoms with Crippen LogP contribution in [0.5, 0.6) is 0 Å². The maximum Gasteiger partial charge on any atom is 0.343 e. The lowest BCUT2D eigenvalue weighted by atomic mass is 10.0. The highest BCUT2D eigenvalue weighted by Gasteiger charge is 2.41. The normalized spacial score (nSPS) is 25.2. The lowest BCUT2D eigenvalue weighted by Crippen LogP contribution is -2.37.